The number of hydrogen-bond donors (Lipinski definition) is 0. The second-order valence-electron chi connectivity index (χ2n) is 7.34. The Labute approximate surface area is 175 Å². The summed E-state index contributed by atoms with van der Waals surface area (Å²) in [7, 11) is 1.90. The molecule has 0 saturated heterocycles. The Morgan fingerprint density at radius 2 is 1.52 bits per heavy atom. The summed E-state index contributed by atoms with van der Waals surface area (Å²) in [4.78, 5) is 4.47. The van der Waals surface area contributed by atoms with Crippen LogP contribution in [0.2, 0.25) is 0 Å². The summed E-state index contributed by atoms with van der Waals surface area (Å²) in [5, 5.41) is 15.1. The molecule has 2 heterocycles. The van der Waals surface area contributed by atoms with Crippen molar-refractivity contribution in [1.29, 1.82) is 0 Å². The van der Waals surface area contributed by atoms with Crippen LogP contribution >= 0.6 is 0 Å². The Bertz CT molecular complexity index is 1440. The second kappa shape index (κ2) is 6.84. The first kappa shape index (κ1) is 19.1. The molecule has 0 spiro atoms. The number of hydrogen-bond acceptors (Lipinski definition) is 2. The molecule has 0 amide bonds. The average Bonchev–Trinajstić information content (AvgIpc) is 3.09. The van der Waals surface area contributed by atoms with Crippen LogP contribution in [0.5, 0.6) is 0 Å². The van der Waals surface area contributed by atoms with Crippen molar-refractivity contribution in [2.24, 2.45) is 7.05 Å². The predicted octanol–water partition coefficient (Wildman–Crippen LogP) is 5.71. The van der Waals surface area contributed by atoms with Crippen LogP contribution < -0.4 is 4.73 Å². The molecule has 0 fully saturated rings. The zero-order valence-corrected chi connectivity index (χ0v) is 16.4. The number of aryl methyl sites for hydroxylation is 1. The Morgan fingerprint density at radius 1 is 0.871 bits per heavy atom. The quantitative estimate of drug-likeness (QED) is 0.272. The number of rotatable bonds is 2. The van der Waals surface area contributed by atoms with Crippen molar-refractivity contribution in [3.8, 4) is 22.6 Å². The molecule has 0 aliphatic rings. The molecule has 5 aromatic rings. The molecule has 31 heavy (non-hydrogen) atoms. The van der Waals surface area contributed by atoms with Crippen LogP contribution in [-0.2, 0) is 13.2 Å². The first-order valence-electron chi connectivity index (χ1n) is 9.59. The van der Waals surface area contributed by atoms with E-state index in [1.165, 1.54) is 12.1 Å². The summed E-state index contributed by atoms with van der Waals surface area (Å²) < 4.78 is 41.5. The van der Waals surface area contributed by atoms with Gasteiger partial charge in [-0.15, -0.1) is 0 Å². The third-order valence-corrected chi connectivity index (χ3v) is 5.40. The molecule has 0 atom stereocenters. The van der Waals surface area contributed by atoms with Crippen LogP contribution in [0.3, 0.4) is 0 Å². The van der Waals surface area contributed by atoms with Crippen LogP contribution in [0.4, 0.5) is 13.2 Å². The van der Waals surface area contributed by atoms with Crippen molar-refractivity contribution in [3.63, 3.8) is 0 Å². The predicted molar refractivity (Wildman–Crippen MR) is 113 cm³/mol. The Morgan fingerprint density at radius 3 is 2.23 bits per heavy atom. The molecule has 2 aromatic heterocycles. The molecule has 0 N–H and O–H groups in total. The smallest absolute Gasteiger partial charge is 0.416 e. The van der Waals surface area contributed by atoms with Crippen LogP contribution in [0.15, 0.2) is 79.0 Å². The molecule has 3 aromatic carbocycles. The molecule has 0 aliphatic carbocycles. The third-order valence-electron chi connectivity index (χ3n) is 5.40. The maximum absolute atomic E-state index is 13.5. The lowest BCUT2D eigenvalue weighted by Gasteiger charge is -2.14. The molecule has 0 bridgehead atoms. The van der Waals surface area contributed by atoms with E-state index in [4.69, 9.17) is 0 Å². The lowest BCUT2D eigenvalue weighted by Crippen LogP contribution is -2.33. The van der Waals surface area contributed by atoms with Gasteiger partial charge in [0.05, 0.1) is 16.5 Å². The highest BCUT2D eigenvalue weighted by Crippen LogP contribution is 2.34. The SMILES string of the molecule is Cn1cc(-c2c3ccccc3nc(-c3ccc(C(F)(F)F)cc3)[n+]2[O-])c2ccccc21. The lowest BCUT2D eigenvalue weighted by molar-refractivity contribution is -0.583. The Balaban J connectivity index is 1.80. The maximum Gasteiger partial charge on any atom is 0.416 e. The van der Waals surface area contributed by atoms with E-state index in [2.05, 4.69) is 4.98 Å². The number of benzene rings is 3. The van der Waals surface area contributed by atoms with Gasteiger partial charge in [0.25, 0.3) is 0 Å². The Hall–Kier alpha value is -3.87. The van der Waals surface area contributed by atoms with E-state index in [-0.39, 0.29) is 5.82 Å². The summed E-state index contributed by atoms with van der Waals surface area (Å²) in [5.41, 5.74) is 2.25. The topological polar surface area (TPSA) is 44.8 Å². The van der Waals surface area contributed by atoms with Gasteiger partial charge in [0, 0.05) is 29.7 Å². The second-order valence-corrected chi connectivity index (χ2v) is 7.34. The van der Waals surface area contributed by atoms with Gasteiger partial charge in [0.1, 0.15) is 0 Å². The van der Waals surface area contributed by atoms with Crippen molar-refractivity contribution in [2.45, 2.75) is 6.18 Å². The van der Waals surface area contributed by atoms with Gasteiger partial charge in [0.15, 0.2) is 11.2 Å². The molecular weight excluding hydrogens is 403 g/mol. The summed E-state index contributed by atoms with van der Waals surface area (Å²) in [6, 6.07) is 19.5. The van der Waals surface area contributed by atoms with Crippen LogP contribution in [0, 0.1) is 5.21 Å². The molecule has 0 radical (unpaired) electrons. The van der Waals surface area contributed by atoms with Crippen molar-refractivity contribution < 1.29 is 17.9 Å². The minimum absolute atomic E-state index is 0.0513. The molecular formula is C24H16F3N3O. The highest BCUT2D eigenvalue weighted by molar-refractivity contribution is 6.02. The lowest BCUT2D eigenvalue weighted by atomic mass is 10.0. The van der Waals surface area contributed by atoms with Crippen molar-refractivity contribution in [1.82, 2.24) is 9.55 Å². The van der Waals surface area contributed by atoms with E-state index in [1.54, 1.807) is 6.07 Å². The van der Waals surface area contributed by atoms with Crippen molar-refractivity contribution >= 4 is 21.8 Å². The molecule has 5 rings (SSSR count). The number of aromatic nitrogens is 3. The fraction of sp³-hybridized carbons (Fsp3) is 0.0833. The first-order chi connectivity index (χ1) is 14.8. The Kier molecular flexibility index (Phi) is 4.22. The number of fused-ring (bicyclic) bond motifs is 2. The number of halogens is 3. The minimum Gasteiger partial charge on any atom is -0.710 e. The van der Waals surface area contributed by atoms with Gasteiger partial charge < -0.3 is 9.77 Å². The van der Waals surface area contributed by atoms with Gasteiger partial charge in [-0.3, -0.25) is 0 Å². The highest BCUT2D eigenvalue weighted by atomic mass is 19.4. The molecule has 0 saturated carbocycles. The van der Waals surface area contributed by atoms with Crippen LogP contribution in [-0.4, -0.2) is 9.55 Å². The fourth-order valence-corrected chi connectivity index (χ4v) is 3.92. The van der Waals surface area contributed by atoms with Gasteiger partial charge >= 0.3 is 12.0 Å². The number of para-hydroxylation sites is 2. The first-order valence-corrected chi connectivity index (χ1v) is 9.59. The van der Waals surface area contributed by atoms with E-state index >= 15 is 0 Å². The molecule has 154 valence electrons. The molecule has 4 nitrogen and oxygen atoms in total. The van der Waals surface area contributed by atoms with Crippen LogP contribution in [0.25, 0.3) is 44.5 Å². The van der Waals surface area contributed by atoms with E-state index in [9.17, 15) is 18.4 Å². The van der Waals surface area contributed by atoms with Gasteiger partial charge in [-0.05, 0) is 47.4 Å². The summed E-state index contributed by atoms with van der Waals surface area (Å²) >= 11 is 0. The number of alkyl halides is 3. The molecule has 7 heteroatoms. The summed E-state index contributed by atoms with van der Waals surface area (Å²) in [5.74, 6) is 0.0513. The minimum atomic E-state index is -4.45. The van der Waals surface area contributed by atoms with E-state index in [0.717, 1.165) is 28.6 Å². The number of nitrogens with zero attached hydrogens (tertiary/aromatic N) is 3. The summed E-state index contributed by atoms with van der Waals surface area (Å²) in [6.07, 6.45) is -2.56. The summed E-state index contributed by atoms with van der Waals surface area (Å²) in [6.45, 7) is 0. The van der Waals surface area contributed by atoms with Gasteiger partial charge in [-0.1, -0.05) is 30.3 Å². The van der Waals surface area contributed by atoms with Crippen molar-refractivity contribution in [2.75, 3.05) is 0 Å². The van der Waals surface area contributed by atoms with E-state index in [1.807, 2.05) is 60.3 Å². The zero-order chi connectivity index (χ0) is 21.8. The standard InChI is InChI=1S/C24H16F3N3O/c1-29-14-19(17-6-3-5-9-21(17)29)22-18-7-2-4-8-20(18)28-23(30(22)31)15-10-12-16(13-11-15)24(25,26)27/h2-14H,1H3. The maximum atomic E-state index is 13.5. The highest BCUT2D eigenvalue weighted by Gasteiger charge is 2.31. The van der Waals surface area contributed by atoms with Gasteiger partial charge in [-0.2, -0.15) is 13.2 Å². The normalized spacial score (nSPS) is 12.0. The monoisotopic (exact) mass is 419 g/mol. The van der Waals surface area contributed by atoms with Crippen LogP contribution in [0.1, 0.15) is 5.56 Å². The van der Waals surface area contributed by atoms with Gasteiger partial charge in [0.2, 0.25) is 0 Å². The van der Waals surface area contributed by atoms with Gasteiger partial charge in [-0.25, -0.2) is 4.73 Å². The largest absolute Gasteiger partial charge is 0.710 e. The molecule has 0 aliphatic heterocycles. The third kappa shape index (κ3) is 3.09. The average molecular weight is 419 g/mol. The van der Waals surface area contributed by atoms with Crippen molar-refractivity contribution in [3.05, 3.63) is 89.8 Å². The van der Waals surface area contributed by atoms with E-state index in [0.29, 0.717) is 26.9 Å². The molecule has 0 unspecified atom stereocenters. The van der Waals surface area contributed by atoms with E-state index < -0.39 is 11.7 Å². The zero-order valence-electron chi connectivity index (χ0n) is 16.4. The fourth-order valence-electron chi connectivity index (χ4n) is 3.92.